The number of hydrogen-bond donors (Lipinski definition) is 1. The van der Waals surface area contributed by atoms with Crippen molar-refractivity contribution in [3.8, 4) is 11.5 Å². The van der Waals surface area contributed by atoms with E-state index in [1.165, 1.54) is 0 Å². The van der Waals surface area contributed by atoms with Crippen molar-refractivity contribution in [2.24, 2.45) is 4.99 Å². The smallest absolute Gasteiger partial charge is 0.255 e. The van der Waals surface area contributed by atoms with Crippen LogP contribution in [0.25, 0.3) is 0 Å². The Bertz CT molecular complexity index is 983. The van der Waals surface area contributed by atoms with Gasteiger partial charge in [-0.15, -0.1) is 0 Å². The van der Waals surface area contributed by atoms with E-state index in [1.54, 1.807) is 0 Å². The first-order valence-electron chi connectivity index (χ1n) is 10.9. The molecule has 0 fully saturated rings. The van der Waals surface area contributed by atoms with Gasteiger partial charge in [-0.25, -0.2) is 4.98 Å². The summed E-state index contributed by atoms with van der Waals surface area (Å²) in [5.74, 6) is 2.21. The summed E-state index contributed by atoms with van der Waals surface area (Å²) in [4.78, 5) is 27.3. The second-order valence-electron chi connectivity index (χ2n) is 7.73. The Morgan fingerprint density at radius 1 is 1.10 bits per heavy atom. The second kappa shape index (κ2) is 9.43. The lowest BCUT2D eigenvalue weighted by Crippen LogP contribution is -2.36. The van der Waals surface area contributed by atoms with Crippen molar-refractivity contribution in [1.29, 1.82) is 0 Å². The Morgan fingerprint density at radius 3 is 2.70 bits per heavy atom. The third-order valence-corrected chi connectivity index (χ3v) is 5.56. The fourth-order valence-electron chi connectivity index (χ4n) is 4.10. The minimum atomic E-state index is -0.0327. The number of benzene rings is 1. The van der Waals surface area contributed by atoms with E-state index in [9.17, 15) is 4.79 Å². The zero-order valence-electron chi connectivity index (χ0n) is 17.9. The van der Waals surface area contributed by atoms with Gasteiger partial charge in [-0.2, -0.15) is 0 Å². The Balaban J connectivity index is 1.50. The molecule has 0 spiro atoms. The third-order valence-electron chi connectivity index (χ3n) is 5.56. The van der Waals surface area contributed by atoms with E-state index in [0.717, 1.165) is 79.3 Å². The lowest BCUT2D eigenvalue weighted by molar-refractivity contribution is 0.240. The molecule has 0 saturated carbocycles. The maximum Gasteiger partial charge on any atom is 0.255 e. The molecule has 0 aliphatic carbocycles. The maximum atomic E-state index is 12.8. The summed E-state index contributed by atoms with van der Waals surface area (Å²) in [6.45, 7) is 8.18. The van der Waals surface area contributed by atoms with Gasteiger partial charge < -0.3 is 14.5 Å². The molecular weight excluding hydrogens is 380 g/mol. The van der Waals surface area contributed by atoms with Gasteiger partial charge in [-0.1, -0.05) is 6.07 Å². The van der Waals surface area contributed by atoms with Crippen LogP contribution in [-0.2, 0) is 19.5 Å². The molecule has 3 heterocycles. The minimum Gasteiger partial charge on any atom is -0.490 e. The molecule has 0 amide bonds. The lowest BCUT2D eigenvalue weighted by Gasteiger charge is -2.28. The molecule has 30 heavy (non-hydrogen) atoms. The Kier molecular flexibility index (Phi) is 6.47. The van der Waals surface area contributed by atoms with Crippen LogP contribution in [0, 0.1) is 0 Å². The molecule has 0 unspecified atom stereocenters. The quantitative estimate of drug-likeness (QED) is 0.759. The molecule has 1 aromatic carbocycles. The fourth-order valence-corrected chi connectivity index (χ4v) is 4.10. The molecule has 0 radical (unpaired) electrons. The summed E-state index contributed by atoms with van der Waals surface area (Å²) in [5.41, 5.74) is 3.75. The number of nitrogens with zero attached hydrogens (tertiary/aromatic N) is 3. The number of aromatic amines is 1. The van der Waals surface area contributed by atoms with Crippen molar-refractivity contribution in [1.82, 2.24) is 14.9 Å². The number of fused-ring (bicyclic) bond motifs is 1. The van der Waals surface area contributed by atoms with Gasteiger partial charge in [0.2, 0.25) is 0 Å². The van der Waals surface area contributed by atoms with Crippen molar-refractivity contribution in [3.05, 3.63) is 51.2 Å². The Morgan fingerprint density at radius 2 is 1.93 bits per heavy atom. The number of nitrogens with one attached hydrogen (secondary N) is 1. The molecule has 160 valence electrons. The summed E-state index contributed by atoms with van der Waals surface area (Å²) in [6.07, 6.45) is 3.89. The van der Waals surface area contributed by atoms with Gasteiger partial charge in [-0.05, 0) is 50.8 Å². The lowest BCUT2D eigenvalue weighted by atomic mass is 10.0. The van der Waals surface area contributed by atoms with Crippen LogP contribution < -0.4 is 15.0 Å². The summed E-state index contributed by atoms with van der Waals surface area (Å²) < 4.78 is 11.4. The summed E-state index contributed by atoms with van der Waals surface area (Å²) in [5, 5.41) is 0. The van der Waals surface area contributed by atoms with E-state index in [2.05, 4.69) is 20.9 Å². The second-order valence-corrected chi connectivity index (χ2v) is 7.73. The molecule has 1 aromatic heterocycles. The largest absolute Gasteiger partial charge is 0.490 e. The van der Waals surface area contributed by atoms with Crippen LogP contribution in [-0.4, -0.2) is 46.9 Å². The highest BCUT2D eigenvalue weighted by Gasteiger charge is 2.23. The highest BCUT2D eigenvalue weighted by Crippen LogP contribution is 2.29. The van der Waals surface area contributed by atoms with E-state index >= 15 is 0 Å². The standard InChI is InChI=1S/C23H30N4O3/c1-3-29-20-9-8-16(13-21(20)30-4-2)14-27-12-10-18-17(15-27)23(28)26-22(25-18)19-7-5-6-11-24-19/h8-9,13H,3-7,10-12,14-15H2,1-2H3,(H,25,26,28). The first-order valence-corrected chi connectivity index (χ1v) is 10.9. The summed E-state index contributed by atoms with van der Waals surface area (Å²) in [6, 6.07) is 6.07. The highest BCUT2D eigenvalue weighted by atomic mass is 16.5. The SMILES string of the molecule is CCOc1ccc(CN2CCc3nc(C4=NCCCC4)[nH]c(=O)c3C2)cc1OCC. The molecule has 2 aliphatic heterocycles. The molecule has 7 nitrogen and oxygen atoms in total. The number of ether oxygens (including phenoxy) is 2. The molecule has 2 aliphatic rings. The van der Waals surface area contributed by atoms with Crippen LogP contribution in [0.15, 0.2) is 28.0 Å². The van der Waals surface area contributed by atoms with Gasteiger partial charge in [-0.3, -0.25) is 14.7 Å². The van der Waals surface area contributed by atoms with Crippen LogP contribution >= 0.6 is 0 Å². The summed E-state index contributed by atoms with van der Waals surface area (Å²) >= 11 is 0. The van der Waals surface area contributed by atoms with Gasteiger partial charge in [0.25, 0.3) is 5.56 Å². The average Bonchev–Trinajstić information content (AvgIpc) is 2.77. The molecule has 0 atom stereocenters. The van der Waals surface area contributed by atoms with Gasteiger partial charge in [0.05, 0.1) is 30.2 Å². The average molecular weight is 411 g/mol. The molecule has 1 N–H and O–H groups in total. The maximum absolute atomic E-state index is 12.8. The van der Waals surface area contributed by atoms with Crippen molar-refractivity contribution < 1.29 is 9.47 Å². The number of rotatable bonds is 7. The first-order chi connectivity index (χ1) is 14.7. The molecule has 0 saturated heterocycles. The Hall–Kier alpha value is -2.67. The van der Waals surface area contributed by atoms with Crippen LogP contribution in [0.1, 0.15) is 55.8 Å². The number of aliphatic imine (C=N–C) groups is 1. The molecule has 7 heteroatoms. The van der Waals surface area contributed by atoms with E-state index < -0.39 is 0 Å². The number of hydrogen-bond acceptors (Lipinski definition) is 6. The predicted molar refractivity (Wildman–Crippen MR) is 117 cm³/mol. The van der Waals surface area contributed by atoms with Gasteiger partial charge in [0.15, 0.2) is 17.3 Å². The van der Waals surface area contributed by atoms with Crippen LogP contribution in [0.4, 0.5) is 0 Å². The van der Waals surface area contributed by atoms with Crippen LogP contribution in [0.5, 0.6) is 11.5 Å². The van der Waals surface area contributed by atoms with E-state index in [-0.39, 0.29) is 5.56 Å². The molecule has 2 aromatic rings. The number of aromatic nitrogens is 2. The first kappa shape index (κ1) is 20.6. The zero-order chi connectivity index (χ0) is 20.9. The van der Waals surface area contributed by atoms with Crippen molar-refractivity contribution in [2.45, 2.75) is 52.6 Å². The zero-order valence-corrected chi connectivity index (χ0v) is 17.9. The topological polar surface area (TPSA) is 79.8 Å². The van der Waals surface area contributed by atoms with Crippen molar-refractivity contribution in [2.75, 3.05) is 26.3 Å². The van der Waals surface area contributed by atoms with Gasteiger partial charge in [0, 0.05) is 32.6 Å². The monoisotopic (exact) mass is 410 g/mol. The summed E-state index contributed by atoms with van der Waals surface area (Å²) in [7, 11) is 0. The molecule has 4 rings (SSSR count). The van der Waals surface area contributed by atoms with Gasteiger partial charge >= 0.3 is 0 Å². The Labute approximate surface area is 177 Å². The molecule has 0 bridgehead atoms. The third kappa shape index (κ3) is 4.56. The number of H-pyrrole nitrogens is 1. The van der Waals surface area contributed by atoms with E-state index in [0.29, 0.717) is 25.6 Å². The van der Waals surface area contributed by atoms with Gasteiger partial charge in [0.1, 0.15) is 0 Å². The van der Waals surface area contributed by atoms with Crippen LogP contribution in [0.3, 0.4) is 0 Å². The van der Waals surface area contributed by atoms with Crippen molar-refractivity contribution in [3.63, 3.8) is 0 Å². The normalized spacial score (nSPS) is 16.7. The minimum absolute atomic E-state index is 0.0327. The fraction of sp³-hybridized carbons (Fsp3) is 0.522. The van der Waals surface area contributed by atoms with Crippen LogP contribution in [0.2, 0.25) is 0 Å². The highest BCUT2D eigenvalue weighted by molar-refractivity contribution is 5.97. The van der Waals surface area contributed by atoms with E-state index in [4.69, 9.17) is 14.5 Å². The predicted octanol–water partition coefficient (Wildman–Crippen LogP) is 3.10. The molecular formula is C23H30N4O3. The van der Waals surface area contributed by atoms with E-state index in [1.807, 2.05) is 26.0 Å². The van der Waals surface area contributed by atoms with Crippen molar-refractivity contribution >= 4 is 5.71 Å².